The van der Waals surface area contributed by atoms with Crippen LogP contribution in [-0.2, 0) is 4.79 Å². The van der Waals surface area contributed by atoms with Gasteiger partial charge in [-0.3, -0.25) is 4.79 Å². The maximum atomic E-state index is 12.2. The van der Waals surface area contributed by atoms with Crippen LogP contribution < -0.4 is 10.6 Å². The summed E-state index contributed by atoms with van der Waals surface area (Å²) < 4.78 is 0. The molecule has 1 amide bonds. The molecule has 0 aromatic carbocycles. The average Bonchev–Trinajstić information content (AvgIpc) is 2.75. The van der Waals surface area contributed by atoms with E-state index in [0.717, 1.165) is 25.3 Å². The zero-order valence-corrected chi connectivity index (χ0v) is 10.1. The smallest absolute Gasteiger partial charge is 0.237 e. The topological polar surface area (TPSA) is 41.1 Å². The maximum absolute atomic E-state index is 12.2. The molecule has 2 aliphatic carbocycles. The van der Waals surface area contributed by atoms with E-state index in [1.54, 1.807) is 0 Å². The van der Waals surface area contributed by atoms with Crippen molar-refractivity contribution in [1.29, 1.82) is 0 Å². The highest BCUT2D eigenvalue weighted by Gasteiger charge is 2.44. The maximum Gasteiger partial charge on any atom is 0.237 e. The molecular weight excluding hydrogens is 200 g/mol. The first kappa shape index (κ1) is 10.6. The van der Waals surface area contributed by atoms with Gasteiger partial charge in [-0.2, -0.15) is 0 Å². The molecule has 0 aromatic rings. The molecule has 3 atom stereocenters. The Balaban J connectivity index is 1.62. The van der Waals surface area contributed by atoms with E-state index in [4.69, 9.17) is 0 Å². The van der Waals surface area contributed by atoms with Crippen molar-refractivity contribution < 1.29 is 4.79 Å². The molecular formula is C13H22N2O. The van der Waals surface area contributed by atoms with Gasteiger partial charge in [-0.15, -0.1) is 0 Å². The standard InChI is InChI=1S/C13H22N2O/c1-13(6-3-7-13)15-12(16)11-10-5-2-4-9(10)8-14-11/h9-11,14H,2-8H2,1H3,(H,15,16). The van der Waals surface area contributed by atoms with Gasteiger partial charge in [-0.05, 0) is 57.4 Å². The zero-order chi connectivity index (χ0) is 11.2. The third-order valence-electron chi connectivity index (χ3n) is 4.91. The highest BCUT2D eigenvalue weighted by molar-refractivity contribution is 5.83. The summed E-state index contributed by atoms with van der Waals surface area (Å²) >= 11 is 0. The predicted octanol–water partition coefficient (Wildman–Crippen LogP) is 1.43. The molecule has 3 unspecified atom stereocenters. The fourth-order valence-electron chi connectivity index (χ4n) is 3.68. The van der Waals surface area contributed by atoms with E-state index in [9.17, 15) is 4.79 Å². The molecule has 3 rings (SSSR count). The minimum atomic E-state index is 0.102. The van der Waals surface area contributed by atoms with Crippen molar-refractivity contribution in [3.8, 4) is 0 Å². The van der Waals surface area contributed by atoms with Crippen molar-refractivity contribution in [1.82, 2.24) is 10.6 Å². The van der Waals surface area contributed by atoms with Crippen LogP contribution in [0.25, 0.3) is 0 Å². The molecule has 3 heteroatoms. The van der Waals surface area contributed by atoms with Crippen molar-refractivity contribution in [2.45, 2.75) is 57.0 Å². The van der Waals surface area contributed by atoms with Gasteiger partial charge in [-0.1, -0.05) is 6.42 Å². The second-order valence-electron chi connectivity index (χ2n) is 6.14. The Bertz CT molecular complexity index is 298. The summed E-state index contributed by atoms with van der Waals surface area (Å²) in [5.41, 5.74) is 0.107. The van der Waals surface area contributed by atoms with E-state index < -0.39 is 0 Å². The molecule has 2 N–H and O–H groups in total. The molecule has 0 aromatic heterocycles. The molecule has 1 aliphatic heterocycles. The second kappa shape index (κ2) is 3.73. The zero-order valence-electron chi connectivity index (χ0n) is 10.1. The molecule has 0 bridgehead atoms. The minimum Gasteiger partial charge on any atom is -0.350 e. The Hall–Kier alpha value is -0.570. The van der Waals surface area contributed by atoms with E-state index >= 15 is 0 Å². The Kier molecular flexibility index (Phi) is 2.46. The van der Waals surface area contributed by atoms with Gasteiger partial charge in [0.05, 0.1) is 6.04 Å². The number of nitrogens with one attached hydrogen (secondary N) is 2. The molecule has 1 saturated heterocycles. The van der Waals surface area contributed by atoms with Gasteiger partial charge in [0.15, 0.2) is 0 Å². The predicted molar refractivity (Wildman–Crippen MR) is 63.0 cm³/mol. The normalized spacial score (nSPS) is 40.2. The first-order valence-corrected chi connectivity index (χ1v) is 6.73. The summed E-state index contributed by atoms with van der Waals surface area (Å²) in [5, 5.41) is 6.66. The summed E-state index contributed by atoms with van der Waals surface area (Å²) in [6, 6.07) is 0.102. The lowest BCUT2D eigenvalue weighted by Gasteiger charge is -2.40. The third kappa shape index (κ3) is 1.65. The second-order valence-corrected chi connectivity index (χ2v) is 6.14. The van der Waals surface area contributed by atoms with Gasteiger partial charge in [0.2, 0.25) is 5.91 Å². The first-order chi connectivity index (χ1) is 7.68. The van der Waals surface area contributed by atoms with Gasteiger partial charge in [0.25, 0.3) is 0 Å². The Labute approximate surface area is 97.4 Å². The minimum absolute atomic E-state index is 0.102. The van der Waals surface area contributed by atoms with Crippen LogP contribution in [0.4, 0.5) is 0 Å². The number of hydrogen-bond acceptors (Lipinski definition) is 2. The van der Waals surface area contributed by atoms with Gasteiger partial charge >= 0.3 is 0 Å². The third-order valence-corrected chi connectivity index (χ3v) is 4.91. The van der Waals surface area contributed by atoms with Crippen molar-refractivity contribution in [2.75, 3.05) is 6.54 Å². The number of fused-ring (bicyclic) bond motifs is 1. The fourth-order valence-corrected chi connectivity index (χ4v) is 3.68. The lowest BCUT2D eigenvalue weighted by Crippen LogP contribution is -2.56. The molecule has 0 radical (unpaired) electrons. The molecule has 3 aliphatic rings. The number of hydrogen-bond donors (Lipinski definition) is 2. The quantitative estimate of drug-likeness (QED) is 0.742. The summed E-state index contributed by atoms with van der Waals surface area (Å²) in [6.45, 7) is 3.23. The van der Waals surface area contributed by atoms with E-state index in [0.29, 0.717) is 5.92 Å². The summed E-state index contributed by atoms with van der Waals surface area (Å²) in [6.07, 6.45) is 7.45. The molecule has 90 valence electrons. The van der Waals surface area contributed by atoms with E-state index in [2.05, 4.69) is 17.6 Å². The van der Waals surface area contributed by atoms with E-state index in [1.807, 2.05) is 0 Å². The molecule has 1 heterocycles. The van der Waals surface area contributed by atoms with Crippen LogP contribution in [0.5, 0.6) is 0 Å². The number of amides is 1. The van der Waals surface area contributed by atoms with Gasteiger partial charge in [-0.25, -0.2) is 0 Å². The largest absolute Gasteiger partial charge is 0.350 e. The molecule has 2 saturated carbocycles. The van der Waals surface area contributed by atoms with Crippen LogP contribution in [0.1, 0.15) is 45.4 Å². The van der Waals surface area contributed by atoms with Crippen LogP contribution >= 0.6 is 0 Å². The summed E-state index contributed by atoms with van der Waals surface area (Å²) in [4.78, 5) is 12.2. The van der Waals surface area contributed by atoms with Crippen LogP contribution in [0.15, 0.2) is 0 Å². The van der Waals surface area contributed by atoms with Crippen molar-refractivity contribution >= 4 is 5.91 Å². The van der Waals surface area contributed by atoms with Gasteiger partial charge in [0, 0.05) is 5.54 Å². The van der Waals surface area contributed by atoms with Crippen molar-refractivity contribution in [3.63, 3.8) is 0 Å². The Morgan fingerprint density at radius 1 is 1.31 bits per heavy atom. The fraction of sp³-hybridized carbons (Fsp3) is 0.923. The number of carbonyl (C=O) groups is 1. The molecule has 3 nitrogen and oxygen atoms in total. The van der Waals surface area contributed by atoms with E-state index in [-0.39, 0.29) is 17.5 Å². The summed E-state index contributed by atoms with van der Waals surface area (Å²) in [7, 11) is 0. The van der Waals surface area contributed by atoms with Gasteiger partial charge in [0.1, 0.15) is 0 Å². The van der Waals surface area contributed by atoms with Crippen LogP contribution in [0.3, 0.4) is 0 Å². The average molecular weight is 222 g/mol. The number of rotatable bonds is 2. The summed E-state index contributed by atoms with van der Waals surface area (Å²) in [5.74, 6) is 1.64. The molecule has 16 heavy (non-hydrogen) atoms. The lowest BCUT2D eigenvalue weighted by atomic mass is 9.78. The molecule has 0 spiro atoms. The van der Waals surface area contributed by atoms with E-state index in [1.165, 1.54) is 25.7 Å². The highest BCUT2D eigenvalue weighted by Crippen LogP contribution is 2.38. The van der Waals surface area contributed by atoms with Crippen molar-refractivity contribution in [3.05, 3.63) is 0 Å². The van der Waals surface area contributed by atoms with Crippen LogP contribution in [0.2, 0.25) is 0 Å². The Morgan fingerprint density at radius 3 is 2.81 bits per heavy atom. The first-order valence-electron chi connectivity index (χ1n) is 6.73. The highest BCUT2D eigenvalue weighted by atomic mass is 16.2. The number of carbonyl (C=O) groups excluding carboxylic acids is 1. The van der Waals surface area contributed by atoms with Crippen LogP contribution in [-0.4, -0.2) is 24.0 Å². The SMILES string of the molecule is CC1(NC(=O)C2NCC3CCCC32)CCC1. The lowest BCUT2D eigenvalue weighted by molar-refractivity contribution is -0.126. The molecule has 3 fully saturated rings. The van der Waals surface area contributed by atoms with Gasteiger partial charge < -0.3 is 10.6 Å². The van der Waals surface area contributed by atoms with Crippen molar-refractivity contribution in [2.24, 2.45) is 11.8 Å². The monoisotopic (exact) mass is 222 g/mol. The Morgan fingerprint density at radius 2 is 2.12 bits per heavy atom. The van der Waals surface area contributed by atoms with Crippen LogP contribution in [0, 0.1) is 11.8 Å².